The fraction of sp³-hybridized carbons (Fsp3) is 0.435. The molecule has 0 saturated heterocycles. The van der Waals surface area contributed by atoms with Crippen LogP contribution in [-0.2, 0) is 11.2 Å². The van der Waals surface area contributed by atoms with Crippen LogP contribution in [0.25, 0.3) is 0 Å². The highest BCUT2D eigenvalue weighted by Gasteiger charge is 2.23. The number of aliphatic hydroxyl groups is 1. The maximum absolute atomic E-state index is 11.1. The first-order valence-electron chi connectivity index (χ1n) is 9.90. The summed E-state index contributed by atoms with van der Waals surface area (Å²) in [6, 6.07) is 11.9. The van der Waals surface area contributed by atoms with Crippen molar-refractivity contribution in [2.45, 2.75) is 52.6 Å². The van der Waals surface area contributed by atoms with Gasteiger partial charge in [0, 0.05) is 0 Å². The van der Waals surface area contributed by atoms with E-state index in [1.54, 1.807) is 5.48 Å². The van der Waals surface area contributed by atoms with Gasteiger partial charge in [-0.3, -0.25) is 10.0 Å². The van der Waals surface area contributed by atoms with Crippen LogP contribution in [0.5, 0.6) is 11.5 Å². The molecule has 2 aromatic rings. The van der Waals surface area contributed by atoms with Gasteiger partial charge in [-0.2, -0.15) is 0 Å². The SMILES string of the molecule is CCC(O)(CC)COc1ccc(Cc2ccc(OCC(=O)NO)c(C)c2)cc1C. The Balaban J connectivity index is 2.02. The van der Waals surface area contributed by atoms with Crippen LogP contribution in [0.2, 0.25) is 0 Å². The maximum Gasteiger partial charge on any atom is 0.281 e. The molecule has 0 saturated carbocycles. The van der Waals surface area contributed by atoms with Crippen molar-refractivity contribution in [3.05, 3.63) is 58.7 Å². The topological polar surface area (TPSA) is 88.0 Å². The van der Waals surface area contributed by atoms with E-state index in [-0.39, 0.29) is 13.2 Å². The Hall–Kier alpha value is -2.57. The van der Waals surface area contributed by atoms with E-state index in [4.69, 9.17) is 14.7 Å². The molecular formula is C23H31NO5. The number of ether oxygens (including phenoxy) is 2. The summed E-state index contributed by atoms with van der Waals surface area (Å²) in [6.07, 6.45) is 2.07. The van der Waals surface area contributed by atoms with E-state index in [1.807, 2.05) is 58.0 Å². The van der Waals surface area contributed by atoms with Crippen LogP contribution in [0, 0.1) is 13.8 Å². The van der Waals surface area contributed by atoms with Gasteiger partial charge in [-0.1, -0.05) is 38.1 Å². The van der Waals surface area contributed by atoms with Gasteiger partial charge in [0.15, 0.2) is 6.61 Å². The summed E-state index contributed by atoms with van der Waals surface area (Å²) in [5, 5.41) is 18.9. The number of nitrogens with one attached hydrogen (secondary N) is 1. The second-order valence-corrected chi connectivity index (χ2v) is 7.42. The molecule has 2 aromatic carbocycles. The number of hydrogen-bond donors (Lipinski definition) is 3. The van der Waals surface area contributed by atoms with E-state index in [9.17, 15) is 9.90 Å². The Morgan fingerprint density at radius 3 is 1.93 bits per heavy atom. The molecule has 3 N–H and O–H groups in total. The zero-order chi connectivity index (χ0) is 21.4. The molecule has 0 aliphatic heterocycles. The lowest BCUT2D eigenvalue weighted by atomic mass is 9.98. The van der Waals surface area contributed by atoms with Crippen molar-refractivity contribution < 1.29 is 24.6 Å². The molecule has 6 heteroatoms. The molecule has 0 aliphatic carbocycles. The lowest BCUT2D eigenvalue weighted by molar-refractivity contribution is -0.131. The summed E-state index contributed by atoms with van der Waals surface area (Å²) >= 11 is 0. The number of hydroxylamine groups is 1. The third-order valence-corrected chi connectivity index (χ3v) is 5.18. The lowest BCUT2D eigenvalue weighted by Gasteiger charge is -2.25. The molecule has 0 atom stereocenters. The van der Waals surface area contributed by atoms with Gasteiger partial charge in [0.1, 0.15) is 18.1 Å². The van der Waals surface area contributed by atoms with E-state index in [0.717, 1.165) is 34.4 Å². The van der Waals surface area contributed by atoms with E-state index >= 15 is 0 Å². The van der Waals surface area contributed by atoms with Crippen LogP contribution < -0.4 is 15.0 Å². The van der Waals surface area contributed by atoms with Crippen molar-refractivity contribution in [1.82, 2.24) is 5.48 Å². The number of amides is 1. The molecule has 0 heterocycles. The summed E-state index contributed by atoms with van der Waals surface area (Å²) in [5.41, 5.74) is 4.99. The predicted molar refractivity (Wildman–Crippen MR) is 112 cm³/mol. The molecule has 0 unspecified atom stereocenters. The third kappa shape index (κ3) is 6.48. The molecule has 2 rings (SSSR count). The van der Waals surface area contributed by atoms with Crippen molar-refractivity contribution in [3.63, 3.8) is 0 Å². The number of rotatable bonds is 10. The first-order valence-corrected chi connectivity index (χ1v) is 9.90. The molecule has 0 aliphatic rings. The van der Waals surface area contributed by atoms with E-state index in [1.165, 1.54) is 0 Å². The van der Waals surface area contributed by atoms with Crippen LogP contribution in [-0.4, -0.2) is 35.0 Å². The predicted octanol–water partition coefficient (Wildman–Crippen LogP) is 3.71. The molecule has 0 fully saturated rings. The Bertz CT molecular complexity index is 830. The number of carbonyl (C=O) groups is 1. The van der Waals surface area contributed by atoms with Gasteiger partial charge in [-0.15, -0.1) is 0 Å². The van der Waals surface area contributed by atoms with E-state index in [2.05, 4.69) is 6.07 Å². The lowest BCUT2D eigenvalue weighted by Crippen LogP contribution is -2.34. The minimum absolute atomic E-state index is 0.234. The van der Waals surface area contributed by atoms with Crippen LogP contribution in [0.4, 0.5) is 0 Å². The summed E-state index contributed by atoms with van der Waals surface area (Å²) in [4.78, 5) is 11.1. The first-order chi connectivity index (χ1) is 13.8. The summed E-state index contributed by atoms with van der Waals surface area (Å²) in [6.45, 7) is 7.90. The molecular weight excluding hydrogens is 370 g/mol. The Morgan fingerprint density at radius 2 is 1.48 bits per heavy atom. The van der Waals surface area contributed by atoms with Gasteiger partial charge in [0.25, 0.3) is 5.91 Å². The number of aryl methyl sites for hydroxylation is 2. The van der Waals surface area contributed by atoms with Crippen molar-refractivity contribution in [2.75, 3.05) is 13.2 Å². The number of benzene rings is 2. The zero-order valence-electron chi connectivity index (χ0n) is 17.6. The normalized spacial score (nSPS) is 11.2. The average Bonchev–Trinajstić information content (AvgIpc) is 2.72. The molecule has 6 nitrogen and oxygen atoms in total. The van der Waals surface area contributed by atoms with Crippen molar-refractivity contribution in [1.29, 1.82) is 0 Å². The number of hydrogen-bond acceptors (Lipinski definition) is 5. The molecule has 29 heavy (non-hydrogen) atoms. The summed E-state index contributed by atoms with van der Waals surface area (Å²) in [5.74, 6) is 0.801. The summed E-state index contributed by atoms with van der Waals surface area (Å²) in [7, 11) is 0. The maximum atomic E-state index is 11.1. The number of carbonyl (C=O) groups excluding carboxylic acids is 1. The van der Waals surface area contributed by atoms with Crippen LogP contribution in [0.1, 0.15) is 48.9 Å². The standard InChI is InChI=1S/C23H31NO5/c1-5-23(26,6-2)15-29-21-10-8-19(12-17(21)4)13-18-7-9-20(16(3)11-18)28-14-22(25)24-27/h7-12,26-27H,5-6,13-15H2,1-4H3,(H,24,25). The van der Waals surface area contributed by atoms with Crippen molar-refractivity contribution in [2.24, 2.45) is 0 Å². The van der Waals surface area contributed by atoms with Gasteiger partial charge in [-0.25, -0.2) is 5.48 Å². The molecule has 0 aromatic heterocycles. The third-order valence-electron chi connectivity index (χ3n) is 5.18. The van der Waals surface area contributed by atoms with Crippen LogP contribution in [0.15, 0.2) is 36.4 Å². The Labute approximate surface area is 172 Å². The van der Waals surface area contributed by atoms with Crippen molar-refractivity contribution >= 4 is 5.91 Å². The minimum atomic E-state index is -0.787. The molecule has 0 spiro atoms. The van der Waals surface area contributed by atoms with Gasteiger partial charge in [-0.05, 0) is 67.5 Å². The highest BCUT2D eigenvalue weighted by molar-refractivity contribution is 5.76. The molecule has 158 valence electrons. The highest BCUT2D eigenvalue weighted by Crippen LogP contribution is 2.25. The smallest absolute Gasteiger partial charge is 0.281 e. The largest absolute Gasteiger partial charge is 0.490 e. The van der Waals surface area contributed by atoms with Crippen molar-refractivity contribution in [3.8, 4) is 11.5 Å². The monoisotopic (exact) mass is 401 g/mol. The van der Waals surface area contributed by atoms with Crippen LogP contribution in [0.3, 0.4) is 0 Å². The Morgan fingerprint density at radius 1 is 0.966 bits per heavy atom. The van der Waals surface area contributed by atoms with E-state index < -0.39 is 11.5 Å². The first kappa shape index (κ1) is 22.7. The van der Waals surface area contributed by atoms with E-state index in [0.29, 0.717) is 18.6 Å². The quantitative estimate of drug-likeness (QED) is 0.417. The van der Waals surface area contributed by atoms with Gasteiger partial charge in [0.2, 0.25) is 0 Å². The second-order valence-electron chi connectivity index (χ2n) is 7.42. The van der Waals surface area contributed by atoms with Gasteiger partial charge in [0.05, 0.1) is 5.60 Å². The van der Waals surface area contributed by atoms with Gasteiger partial charge >= 0.3 is 0 Å². The molecule has 1 amide bonds. The zero-order valence-corrected chi connectivity index (χ0v) is 17.6. The Kier molecular flexibility index (Phi) is 8.05. The van der Waals surface area contributed by atoms with Crippen LogP contribution >= 0.6 is 0 Å². The highest BCUT2D eigenvalue weighted by atomic mass is 16.5. The van der Waals surface area contributed by atoms with Gasteiger partial charge < -0.3 is 14.6 Å². The molecule has 0 bridgehead atoms. The second kappa shape index (κ2) is 10.3. The molecule has 0 radical (unpaired) electrons. The fourth-order valence-corrected chi connectivity index (χ4v) is 3.04. The fourth-order valence-electron chi connectivity index (χ4n) is 3.04. The summed E-state index contributed by atoms with van der Waals surface area (Å²) < 4.78 is 11.3. The minimum Gasteiger partial charge on any atom is -0.490 e. The average molecular weight is 402 g/mol.